The summed E-state index contributed by atoms with van der Waals surface area (Å²) in [6, 6.07) is 5.74. The van der Waals surface area contributed by atoms with Crippen molar-refractivity contribution in [1.29, 1.82) is 0 Å². The Hall–Kier alpha value is -1.79. The maximum atomic E-state index is 12.7. The first kappa shape index (κ1) is 14.8. The SMILES string of the molecule is O=C(N[C@@H]1COC[C@H]1N1CCCC1)c1cccc2c1OCCO2. The molecule has 3 aliphatic rings. The molecule has 6 nitrogen and oxygen atoms in total. The molecular weight excluding hydrogens is 296 g/mol. The lowest BCUT2D eigenvalue weighted by atomic mass is 10.1. The number of amides is 1. The molecular formula is C17H22N2O4. The fourth-order valence-corrected chi connectivity index (χ4v) is 3.61. The van der Waals surface area contributed by atoms with Crippen LogP contribution in [0.1, 0.15) is 23.2 Å². The first-order valence-corrected chi connectivity index (χ1v) is 8.34. The van der Waals surface area contributed by atoms with E-state index in [1.807, 2.05) is 12.1 Å². The van der Waals surface area contributed by atoms with Crippen LogP contribution in [-0.4, -0.2) is 62.4 Å². The lowest BCUT2D eigenvalue weighted by Crippen LogP contribution is -2.50. The van der Waals surface area contributed by atoms with Crippen LogP contribution >= 0.6 is 0 Å². The van der Waals surface area contributed by atoms with Crippen molar-refractivity contribution in [1.82, 2.24) is 10.2 Å². The van der Waals surface area contributed by atoms with Crippen LogP contribution in [0.25, 0.3) is 0 Å². The van der Waals surface area contributed by atoms with Crippen molar-refractivity contribution in [2.45, 2.75) is 24.9 Å². The number of ether oxygens (including phenoxy) is 3. The molecule has 3 heterocycles. The van der Waals surface area contributed by atoms with E-state index in [-0.39, 0.29) is 18.0 Å². The van der Waals surface area contributed by atoms with Crippen molar-refractivity contribution in [3.8, 4) is 11.5 Å². The molecule has 23 heavy (non-hydrogen) atoms. The summed E-state index contributed by atoms with van der Waals surface area (Å²) in [6.07, 6.45) is 2.46. The van der Waals surface area contributed by atoms with Gasteiger partial charge < -0.3 is 19.5 Å². The molecule has 124 valence electrons. The van der Waals surface area contributed by atoms with E-state index in [2.05, 4.69) is 10.2 Å². The zero-order valence-electron chi connectivity index (χ0n) is 13.1. The van der Waals surface area contributed by atoms with Crippen molar-refractivity contribution in [3.05, 3.63) is 23.8 Å². The number of para-hydroxylation sites is 1. The van der Waals surface area contributed by atoms with Gasteiger partial charge in [0.2, 0.25) is 0 Å². The van der Waals surface area contributed by atoms with E-state index >= 15 is 0 Å². The summed E-state index contributed by atoms with van der Waals surface area (Å²) in [7, 11) is 0. The predicted octanol–water partition coefficient (Wildman–Crippen LogP) is 1.05. The van der Waals surface area contributed by atoms with Crippen LogP contribution in [0, 0.1) is 0 Å². The Labute approximate surface area is 135 Å². The first-order valence-electron chi connectivity index (χ1n) is 8.34. The molecule has 2 atom stereocenters. The summed E-state index contributed by atoms with van der Waals surface area (Å²) >= 11 is 0. The Morgan fingerprint density at radius 3 is 2.83 bits per heavy atom. The average molecular weight is 318 g/mol. The molecule has 2 saturated heterocycles. The van der Waals surface area contributed by atoms with Gasteiger partial charge in [-0.3, -0.25) is 9.69 Å². The van der Waals surface area contributed by atoms with Gasteiger partial charge in [-0.2, -0.15) is 0 Å². The molecule has 0 bridgehead atoms. The largest absolute Gasteiger partial charge is 0.486 e. The monoisotopic (exact) mass is 318 g/mol. The van der Waals surface area contributed by atoms with Crippen molar-refractivity contribution < 1.29 is 19.0 Å². The van der Waals surface area contributed by atoms with E-state index in [9.17, 15) is 4.79 Å². The van der Waals surface area contributed by atoms with Gasteiger partial charge in [0.25, 0.3) is 5.91 Å². The van der Waals surface area contributed by atoms with E-state index in [1.165, 1.54) is 12.8 Å². The highest BCUT2D eigenvalue weighted by Gasteiger charge is 2.36. The first-order chi connectivity index (χ1) is 11.3. The fourth-order valence-electron chi connectivity index (χ4n) is 3.61. The normalized spacial score (nSPS) is 27.1. The van der Waals surface area contributed by atoms with E-state index in [4.69, 9.17) is 14.2 Å². The van der Waals surface area contributed by atoms with Crippen LogP contribution in [0.15, 0.2) is 18.2 Å². The maximum Gasteiger partial charge on any atom is 0.255 e. The number of nitrogens with one attached hydrogen (secondary N) is 1. The highest BCUT2D eigenvalue weighted by molar-refractivity contribution is 5.98. The number of nitrogens with zero attached hydrogens (tertiary/aromatic N) is 1. The molecule has 0 radical (unpaired) electrons. The third-order valence-electron chi connectivity index (χ3n) is 4.79. The lowest BCUT2D eigenvalue weighted by molar-refractivity contribution is 0.0906. The number of hydrogen-bond acceptors (Lipinski definition) is 5. The lowest BCUT2D eigenvalue weighted by Gasteiger charge is -2.28. The number of hydrogen-bond donors (Lipinski definition) is 1. The van der Waals surface area contributed by atoms with Gasteiger partial charge in [-0.05, 0) is 38.1 Å². The highest BCUT2D eigenvalue weighted by atomic mass is 16.6. The Kier molecular flexibility index (Phi) is 4.10. The van der Waals surface area contributed by atoms with Gasteiger partial charge in [0.15, 0.2) is 11.5 Å². The standard InChI is InChI=1S/C17H22N2O4/c20-17(12-4-3-5-15-16(12)23-9-8-22-15)18-13-10-21-11-14(13)19-6-1-2-7-19/h3-5,13-14H,1-2,6-11H2,(H,18,20)/t13-,14-/m1/s1. The number of carbonyl (C=O) groups is 1. The van der Waals surface area contributed by atoms with Crippen molar-refractivity contribution >= 4 is 5.91 Å². The van der Waals surface area contributed by atoms with Crippen LogP contribution in [0.4, 0.5) is 0 Å². The minimum Gasteiger partial charge on any atom is -0.486 e. The van der Waals surface area contributed by atoms with Gasteiger partial charge in [-0.15, -0.1) is 0 Å². The Morgan fingerprint density at radius 1 is 1.13 bits per heavy atom. The number of fused-ring (bicyclic) bond motifs is 1. The van der Waals surface area contributed by atoms with E-state index < -0.39 is 0 Å². The molecule has 3 aliphatic heterocycles. The van der Waals surface area contributed by atoms with Crippen LogP contribution < -0.4 is 14.8 Å². The van der Waals surface area contributed by atoms with Crippen molar-refractivity contribution in [2.24, 2.45) is 0 Å². The van der Waals surface area contributed by atoms with Crippen molar-refractivity contribution in [2.75, 3.05) is 39.5 Å². The molecule has 1 amide bonds. The molecule has 6 heteroatoms. The third kappa shape index (κ3) is 2.88. The molecule has 0 aliphatic carbocycles. The van der Waals surface area contributed by atoms with Gasteiger partial charge in [-0.25, -0.2) is 0 Å². The highest BCUT2D eigenvalue weighted by Crippen LogP contribution is 2.33. The second kappa shape index (κ2) is 6.37. The number of likely N-dealkylation sites (tertiary alicyclic amines) is 1. The van der Waals surface area contributed by atoms with Crippen molar-refractivity contribution in [3.63, 3.8) is 0 Å². The zero-order valence-corrected chi connectivity index (χ0v) is 13.1. The van der Waals surface area contributed by atoms with Crippen LogP contribution in [0.5, 0.6) is 11.5 Å². The molecule has 1 aromatic carbocycles. The Morgan fingerprint density at radius 2 is 1.96 bits per heavy atom. The van der Waals surface area contributed by atoms with Gasteiger partial charge in [0, 0.05) is 0 Å². The summed E-state index contributed by atoms with van der Waals surface area (Å²) in [5.74, 6) is 1.07. The number of benzene rings is 1. The van der Waals surface area contributed by atoms with Crippen LogP contribution in [-0.2, 0) is 4.74 Å². The number of carbonyl (C=O) groups excluding carboxylic acids is 1. The predicted molar refractivity (Wildman–Crippen MR) is 84.1 cm³/mol. The van der Waals surface area contributed by atoms with E-state index in [0.29, 0.717) is 43.5 Å². The summed E-state index contributed by atoms with van der Waals surface area (Å²) < 4.78 is 16.8. The van der Waals surface area contributed by atoms with Crippen LogP contribution in [0.2, 0.25) is 0 Å². The molecule has 0 spiro atoms. The molecule has 2 fully saturated rings. The van der Waals surface area contributed by atoms with E-state index in [1.54, 1.807) is 6.07 Å². The average Bonchev–Trinajstić information content (AvgIpc) is 3.25. The molecule has 1 aromatic rings. The smallest absolute Gasteiger partial charge is 0.255 e. The second-order valence-corrected chi connectivity index (χ2v) is 6.26. The second-order valence-electron chi connectivity index (χ2n) is 6.26. The number of rotatable bonds is 3. The molecule has 0 aromatic heterocycles. The summed E-state index contributed by atoms with van der Waals surface area (Å²) in [6.45, 7) is 4.44. The van der Waals surface area contributed by atoms with Gasteiger partial charge in [0.05, 0.1) is 30.9 Å². The minimum atomic E-state index is -0.118. The zero-order chi connectivity index (χ0) is 15.6. The molecule has 0 saturated carbocycles. The van der Waals surface area contributed by atoms with Crippen LogP contribution in [0.3, 0.4) is 0 Å². The maximum absolute atomic E-state index is 12.7. The quantitative estimate of drug-likeness (QED) is 0.903. The minimum absolute atomic E-state index is 0.0287. The summed E-state index contributed by atoms with van der Waals surface area (Å²) in [5.41, 5.74) is 0.536. The fraction of sp³-hybridized carbons (Fsp3) is 0.588. The molecule has 0 unspecified atom stereocenters. The van der Waals surface area contributed by atoms with Gasteiger partial charge >= 0.3 is 0 Å². The van der Waals surface area contributed by atoms with Gasteiger partial charge in [0.1, 0.15) is 13.2 Å². The summed E-state index contributed by atoms with van der Waals surface area (Å²) in [5, 5.41) is 3.13. The summed E-state index contributed by atoms with van der Waals surface area (Å²) in [4.78, 5) is 15.1. The van der Waals surface area contributed by atoms with Gasteiger partial charge in [-0.1, -0.05) is 6.07 Å². The Bertz CT molecular complexity index is 586. The van der Waals surface area contributed by atoms with E-state index in [0.717, 1.165) is 13.1 Å². The third-order valence-corrected chi connectivity index (χ3v) is 4.79. The Balaban J connectivity index is 1.49. The molecule has 4 rings (SSSR count). The molecule has 1 N–H and O–H groups in total. The topological polar surface area (TPSA) is 60.0 Å².